The summed E-state index contributed by atoms with van der Waals surface area (Å²) in [6, 6.07) is 0. The topological polar surface area (TPSA) is 0 Å². The van der Waals surface area contributed by atoms with Crippen molar-refractivity contribution in [2.45, 2.75) is 84.7 Å². The summed E-state index contributed by atoms with van der Waals surface area (Å²) in [7, 11) is 0. The van der Waals surface area contributed by atoms with Gasteiger partial charge in [-0.2, -0.15) is 0 Å². The molecule has 0 aromatic heterocycles. The highest BCUT2D eigenvalue weighted by molar-refractivity contribution is 4.81. The maximum absolute atomic E-state index is 13.4. The molecule has 0 spiro atoms. The largest absolute Gasteiger partial charge is 0.245 e. The van der Waals surface area contributed by atoms with E-state index >= 15 is 0 Å². The van der Waals surface area contributed by atoms with Crippen LogP contribution in [0, 0.1) is 11.3 Å². The van der Waals surface area contributed by atoms with E-state index in [1.54, 1.807) is 13.8 Å². The third-order valence-corrected chi connectivity index (χ3v) is 4.30. The average Bonchev–Trinajstić information content (AvgIpc) is 2.26. The van der Waals surface area contributed by atoms with Crippen molar-refractivity contribution in [1.82, 2.24) is 0 Å². The molecule has 0 nitrogen and oxygen atoms in total. The molecule has 0 radical (unpaired) electrons. The van der Waals surface area contributed by atoms with E-state index in [-0.39, 0.29) is 0 Å². The first kappa shape index (κ1) is 14.0. The highest BCUT2D eigenvalue weighted by Gasteiger charge is 2.30. The van der Waals surface area contributed by atoms with E-state index in [0.29, 0.717) is 5.41 Å². The summed E-state index contributed by atoms with van der Waals surface area (Å²) in [6.45, 7) is 8.21. The number of halogens is 1. The molecule has 0 aliphatic heterocycles. The molecular formula is C15H29F. The second-order valence-electron chi connectivity index (χ2n) is 6.90. The van der Waals surface area contributed by atoms with Gasteiger partial charge in [-0.15, -0.1) is 0 Å². The molecule has 0 aromatic rings. The van der Waals surface area contributed by atoms with Crippen LogP contribution in [-0.2, 0) is 0 Å². The Morgan fingerprint density at radius 2 is 1.88 bits per heavy atom. The highest BCUT2D eigenvalue weighted by atomic mass is 19.1. The van der Waals surface area contributed by atoms with Gasteiger partial charge in [0.05, 0.1) is 0 Å². The van der Waals surface area contributed by atoms with Gasteiger partial charge in [0.1, 0.15) is 5.67 Å². The monoisotopic (exact) mass is 228 g/mol. The molecule has 1 unspecified atom stereocenters. The lowest BCUT2D eigenvalue weighted by atomic mass is 9.73. The third kappa shape index (κ3) is 4.84. The predicted octanol–water partition coefficient (Wildman–Crippen LogP) is 5.51. The van der Waals surface area contributed by atoms with Gasteiger partial charge in [-0.1, -0.05) is 39.5 Å². The van der Waals surface area contributed by atoms with Gasteiger partial charge in [-0.3, -0.25) is 0 Å². The molecule has 0 N–H and O–H groups in total. The van der Waals surface area contributed by atoms with E-state index in [9.17, 15) is 4.39 Å². The van der Waals surface area contributed by atoms with E-state index in [0.717, 1.165) is 18.8 Å². The molecule has 1 fully saturated rings. The average molecular weight is 228 g/mol. The van der Waals surface area contributed by atoms with Crippen LogP contribution in [0.25, 0.3) is 0 Å². The van der Waals surface area contributed by atoms with E-state index in [4.69, 9.17) is 0 Å². The fraction of sp³-hybridized carbons (Fsp3) is 1.00. The van der Waals surface area contributed by atoms with Gasteiger partial charge in [0, 0.05) is 0 Å². The number of hydrogen-bond acceptors (Lipinski definition) is 0. The van der Waals surface area contributed by atoms with Crippen molar-refractivity contribution in [3.05, 3.63) is 0 Å². The minimum atomic E-state index is -0.977. The van der Waals surface area contributed by atoms with Crippen LogP contribution >= 0.6 is 0 Å². The lowest BCUT2D eigenvalue weighted by molar-refractivity contribution is 0.155. The second-order valence-corrected chi connectivity index (χ2v) is 6.90. The second kappa shape index (κ2) is 5.51. The first-order chi connectivity index (χ1) is 7.31. The van der Waals surface area contributed by atoms with Gasteiger partial charge >= 0.3 is 0 Å². The zero-order valence-corrected chi connectivity index (χ0v) is 11.6. The molecule has 0 aromatic carbocycles. The van der Waals surface area contributed by atoms with Crippen molar-refractivity contribution in [2.24, 2.45) is 11.3 Å². The molecule has 1 saturated carbocycles. The van der Waals surface area contributed by atoms with Gasteiger partial charge in [-0.05, 0) is 50.9 Å². The summed E-state index contributed by atoms with van der Waals surface area (Å²) in [5.41, 5.74) is -0.494. The van der Waals surface area contributed by atoms with Crippen LogP contribution in [-0.4, -0.2) is 5.67 Å². The van der Waals surface area contributed by atoms with Crippen LogP contribution in [0.3, 0.4) is 0 Å². The zero-order valence-electron chi connectivity index (χ0n) is 11.6. The Morgan fingerprint density at radius 3 is 2.50 bits per heavy atom. The number of alkyl halides is 1. The van der Waals surface area contributed by atoms with E-state index in [2.05, 4.69) is 13.8 Å². The first-order valence-corrected chi connectivity index (χ1v) is 7.00. The van der Waals surface area contributed by atoms with Crippen LogP contribution in [0.4, 0.5) is 4.39 Å². The van der Waals surface area contributed by atoms with Gasteiger partial charge in [-0.25, -0.2) is 4.39 Å². The molecule has 1 aliphatic rings. The number of rotatable bonds is 4. The Balaban J connectivity index is 2.38. The lowest BCUT2D eigenvalue weighted by Crippen LogP contribution is -2.23. The summed E-state index contributed by atoms with van der Waals surface area (Å²) in [6.07, 6.45) is 9.88. The summed E-state index contributed by atoms with van der Waals surface area (Å²) in [5.74, 6) is 0.817. The predicted molar refractivity (Wildman–Crippen MR) is 69.4 cm³/mol. The Bertz CT molecular complexity index is 200. The van der Waals surface area contributed by atoms with Crippen LogP contribution in [0.2, 0.25) is 0 Å². The molecule has 1 aliphatic carbocycles. The lowest BCUT2D eigenvalue weighted by Gasteiger charge is -2.33. The molecule has 0 heterocycles. The normalized spacial score (nSPS) is 26.4. The zero-order chi connectivity index (χ0) is 12.2. The van der Waals surface area contributed by atoms with Crippen molar-refractivity contribution < 1.29 is 4.39 Å². The van der Waals surface area contributed by atoms with Crippen LogP contribution in [0.5, 0.6) is 0 Å². The summed E-state index contributed by atoms with van der Waals surface area (Å²) in [4.78, 5) is 0. The molecule has 1 rings (SSSR count). The van der Waals surface area contributed by atoms with Crippen molar-refractivity contribution >= 4 is 0 Å². The van der Waals surface area contributed by atoms with Crippen molar-refractivity contribution in [3.8, 4) is 0 Å². The SMILES string of the molecule is CC(C)(F)CCCC1CCCCCC1(C)C. The molecule has 0 saturated heterocycles. The summed E-state index contributed by atoms with van der Waals surface area (Å²) in [5, 5.41) is 0. The molecule has 0 bridgehead atoms. The van der Waals surface area contributed by atoms with Gasteiger partial charge < -0.3 is 0 Å². The highest BCUT2D eigenvalue weighted by Crippen LogP contribution is 2.42. The molecule has 1 heteroatoms. The minimum absolute atomic E-state index is 0.483. The standard InChI is InChI=1S/C15H29F/c1-14(2)11-7-5-6-9-13(14)10-8-12-15(3,4)16/h13H,5-12H2,1-4H3. The fourth-order valence-electron chi connectivity index (χ4n) is 3.05. The maximum Gasteiger partial charge on any atom is 0.105 e. The van der Waals surface area contributed by atoms with Gasteiger partial charge in [0.25, 0.3) is 0 Å². The van der Waals surface area contributed by atoms with Crippen molar-refractivity contribution in [1.29, 1.82) is 0 Å². The first-order valence-electron chi connectivity index (χ1n) is 7.00. The van der Waals surface area contributed by atoms with E-state index in [1.165, 1.54) is 38.5 Å². The summed E-state index contributed by atoms with van der Waals surface area (Å²) >= 11 is 0. The fourth-order valence-corrected chi connectivity index (χ4v) is 3.05. The Hall–Kier alpha value is -0.0700. The van der Waals surface area contributed by atoms with Crippen LogP contribution in [0.1, 0.15) is 79.1 Å². The van der Waals surface area contributed by atoms with E-state index < -0.39 is 5.67 Å². The van der Waals surface area contributed by atoms with E-state index in [1.807, 2.05) is 0 Å². The van der Waals surface area contributed by atoms with Crippen molar-refractivity contribution in [3.63, 3.8) is 0 Å². The smallest absolute Gasteiger partial charge is 0.105 e. The summed E-state index contributed by atoms with van der Waals surface area (Å²) < 4.78 is 13.4. The molecule has 96 valence electrons. The molecule has 0 amide bonds. The van der Waals surface area contributed by atoms with Gasteiger partial charge in [0.2, 0.25) is 0 Å². The van der Waals surface area contributed by atoms with Crippen molar-refractivity contribution in [2.75, 3.05) is 0 Å². The Morgan fingerprint density at radius 1 is 1.19 bits per heavy atom. The maximum atomic E-state index is 13.4. The number of hydrogen-bond donors (Lipinski definition) is 0. The third-order valence-electron chi connectivity index (χ3n) is 4.30. The molecular weight excluding hydrogens is 199 g/mol. The quantitative estimate of drug-likeness (QED) is 0.556. The Labute approximate surface area is 101 Å². The molecule has 16 heavy (non-hydrogen) atoms. The Kier molecular flexibility index (Phi) is 4.82. The van der Waals surface area contributed by atoms with Gasteiger partial charge in [0.15, 0.2) is 0 Å². The minimum Gasteiger partial charge on any atom is -0.245 e. The van der Waals surface area contributed by atoms with Crippen LogP contribution < -0.4 is 0 Å². The molecule has 1 atom stereocenters. The van der Waals surface area contributed by atoms with Crippen LogP contribution in [0.15, 0.2) is 0 Å².